The third-order valence-electron chi connectivity index (χ3n) is 8.55. The fourth-order valence-electron chi connectivity index (χ4n) is 7.62. The molecule has 1 atom stereocenters. The minimum atomic E-state index is -0.0276. The molecule has 2 aromatic carbocycles. The number of hydrogen-bond donors (Lipinski definition) is 1. The van der Waals surface area contributed by atoms with Crippen molar-refractivity contribution in [2.24, 2.45) is 23.7 Å². The lowest BCUT2D eigenvalue weighted by molar-refractivity contribution is -0.0587. The zero-order valence-electron chi connectivity index (χ0n) is 18.1. The molecule has 1 heterocycles. The molecule has 7 rings (SSSR count). The summed E-state index contributed by atoms with van der Waals surface area (Å²) in [5, 5.41) is 5.36. The number of carbonyl (C=O) groups is 1. The number of rotatable bonds is 4. The van der Waals surface area contributed by atoms with E-state index in [1.807, 2.05) is 30.3 Å². The molecule has 1 N–H and O–H groups in total. The van der Waals surface area contributed by atoms with Gasteiger partial charge in [-0.2, -0.15) is 0 Å². The molecule has 0 spiro atoms. The van der Waals surface area contributed by atoms with E-state index in [0.29, 0.717) is 11.3 Å². The molecule has 1 amide bonds. The van der Waals surface area contributed by atoms with Crippen molar-refractivity contribution in [3.8, 4) is 5.75 Å². The standard InChI is InChI=1S/C26H31BrN2O2/c1-31-25-21-5-3-2-4-20(21)23(27)13-22(25)26(30)28-19-6-7-29(14-19)24-17-9-15-8-16(11-17)12-18(24)10-15/h2-5,13,15-19,24H,6-12,14H2,1H3,(H,28,30)/t15?,16?,17?,18?,19-,24?/m0/s1. The number of fused-ring (bicyclic) bond motifs is 1. The van der Waals surface area contributed by atoms with E-state index in [4.69, 9.17) is 4.74 Å². The maximum absolute atomic E-state index is 13.3. The Morgan fingerprint density at radius 3 is 2.42 bits per heavy atom. The predicted octanol–water partition coefficient (Wildman–Crippen LogP) is 5.24. The van der Waals surface area contributed by atoms with Gasteiger partial charge < -0.3 is 10.1 Å². The minimum absolute atomic E-state index is 0.0276. The average Bonchev–Trinajstić information content (AvgIpc) is 3.21. The first-order chi connectivity index (χ1) is 15.1. The molecule has 4 nitrogen and oxygen atoms in total. The molecule has 164 valence electrons. The molecule has 5 aliphatic rings. The summed E-state index contributed by atoms with van der Waals surface area (Å²) in [5.74, 6) is 4.46. The Balaban J connectivity index is 1.18. The van der Waals surface area contributed by atoms with Crippen LogP contribution in [0.25, 0.3) is 10.8 Å². The van der Waals surface area contributed by atoms with Crippen molar-refractivity contribution in [1.29, 1.82) is 0 Å². The summed E-state index contributed by atoms with van der Waals surface area (Å²) < 4.78 is 6.61. The fraction of sp³-hybridized carbons (Fsp3) is 0.577. The molecule has 5 heteroatoms. The van der Waals surface area contributed by atoms with E-state index in [-0.39, 0.29) is 11.9 Å². The van der Waals surface area contributed by atoms with E-state index in [1.165, 1.54) is 32.1 Å². The summed E-state index contributed by atoms with van der Waals surface area (Å²) >= 11 is 3.65. The monoisotopic (exact) mass is 482 g/mol. The highest BCUT2D eigenvalue weighted by atomic mass is 79.9. The van der Waals surface area contributed by atoms with Crippen LogP contribution in [0.4, 0.5) is 0 Å². The van der Waals surface area contributed by atoms with Crippen LogP contribution in [-0.2, 0) is 0 Å². The van der Waals surface area contributed by atoms with E-state index in [9.17, 15) is 4.79 Å². The smallest absolute Gasteiger partial charge is 0.255 e. The third kappa shape index (κ3) is 3.39. The molecule has 4 saturated carbocycles. The van der Waals surface area contributed by atoms with Crippen LogP contribution in [0, 0.1) is 23.7 Å². The molecular formula is C26H31BrN2O2. The quantitative estimate of drug-likeness (QED) is 0.647. The highest BCUT2D eigenvalue weighted by Crippen LogP contribution is 2.55. The normalized spacial score (nSPS) is 34.4. The van der Waals surface area contributed by atoms with Crippen molar-refractivity contribution in [3.05, 3.63) is 40.4 Å². The Morgan fingerprint density at radius 2 is 1.74 bits per heavy atom. The number of benzene rings is 2. The van der Waals surface area contributed by atoms with Crippen molar-refractivity contribution >= 4 is 32.6 Å². The first-order valence-corrected chi connectivity index (χ1v) is 12.7. The minimum Gasteiger partial charge on any atom is -0.495 e. The summed E-state index contributed by atoms with van der Waals surface area (Å²) in [5.41, 5.74) is 0.612. The molecule has 4 aliphatic carbocycles. The van der Waals surface area contributed by atoms with Gasteiger partial charge in [0, 0.05) is 35.0 Å². The summed E-state index contributed by atoms with van der Waals surface area (Å²) in [6.45, 7) is 2.12. The molecule has 1 aliphatic heterocycles. The van der Waals surface area contributed by atoms with Gasteiger partial charge in [-0.05, 0) is 73.6 Å². The zero-order chi connectivity index (χ0) is 21.1. The molecule has 0 radical (unpaired) electrons. The van der Waals surface area contributed by atoms with E-state index >= 15 is 0 Å². The van der Waals surface area contributed by atoms with Crippen LogP contribution in [0.1, 0.15) is 48.9 Å². The second-order valence-electron chi connectivity index (χ2n) is 10.4. The van der Waals surface area contributed by atoms with Gasteiger partial charge in [-0.3, -0.25) is 9.69 Å². The highest BCUT2D eigenvalue weighted by molar-refractivity contribution is 9.10. The average molecular weight is 483 g/mol. The van der Waals surface area contributed by atoms with Crippen LogP contribution in [0.15, 0.2) is 34.8 Å². The van der Waals surface area contributed by atoms with Gasteiger partial charge >= 0.3 is 0 Å². The Kier molecular flexibility index (Phi) is 5.03. The molecule has 1 saturated heterocycles. The summed E-state index contributed by atoms with van der Waals surface area (Å²) in [4.78, 5) is 16.0. The number of likely N-dealkylation sites (tertiary alicyclic amines) is 1. The Hall–Kier alpha value is -1.59. The summed E-state index contributed by atoms with van der Waals surface area (Å²) in [6.07, 6.45) is 8.36. The topological polar surface area (TPSA) is 41.6 Å². The van der Waals surface area contributed by atoms with Crippen LogP contribution in [0.5, 0.6) is 5.75 Å². The summed E-state index contributed by atoms with van der Waals surface area (Å²) in [6, 6.07) is 10.9. The highest BCUT2D eigenvalue weighted by Gasteiger charge is 2.50. The van der Waals surface area contributed by atoms with Gasteiger partial charge in [0.15, 0.2) is 0 Å². The van der Waals surface area contributed by atoms with Crippen LogP contribution in [-0.4, -0.2) is 43.1 Å². The number of hydrogen-bond acceptors (Lipinski definition) is 3. The molecule has 0 unspecified atom stereocenters. The number of amides is 1. The molecular weight excluding hydrogens is 452 g/mol. The lowest BCUT2D eigenvalue weighted by Gasteiger charge is -2.56. The molecule has 31 heavy (non-hydrogen) atoms. The van der Waals surface area contributed by atoms with E-state index in [1.54, 1.807) is 7.11 Å². The lowest BCUT2D eigenvalue weighted by Crippen LogP contribution is -2.55. The number of carbonyl (C=O) groups excluding carboxylic acids is 1. The lowest BCUT2D eigenvalue weighted by atomic mass is 9.54. The van der Waals surface area contributed by atoms with Crippen molar-refractivity contribution in [1.82, 2.24) is 10.2 Å². The number of halogens is 1. The van der Waals surface area contributed by atoms with Crippen LogP contribution < -0.4 is 10.1 Å². The van der Waals surface area contributed by atoms with Crippen LogP contribution >= 0.6 is 15.9 Å². The maximum atomic E-state index is 13.3. The Labute approximate surface area is 192 Å². The van der Waals surface area contributed by atoms with Gasteiger partial charge in [0.05, 0.1) is 12.7 Å². The molecule has 2 aromatic rings. The second-order valence-corrected chi connectivity index (χ2v) is 11.2. The Bertz CT molecular complexity index is 994. The first-order valence-electron chi connectivity index (χ1n) is 11.9. The van der Waals surface area contributed by atoms with Crippen molar-refractivity contribution in [2.75, 3.05) is 20.2 Å². The van der Waals surface area contributed by atoms with Crippen LogP contribution in [0.2, 0.25) is 0 Å². The number of nitrogens with zero attached hydrogens (tertiary/aromatic N) is 1. The van der Waals surface area contributed by atoms with Crippen molar-refractivity contribution < 1.29 is 9.53 Å². The second kappa shape index (κ2) is 7.77. The van der Waals surface area contributed by atoms with Crippen molar-refractivity contribution in [3.63, 3.8) is 0 Å². The number of ether oxygens (including phenoxy) is 1. The van der Waals surface area contributed by atoms with Gasteiger partial charge in [0.2, 0.25) is 0 Å². The zero-order valence-corrected chi connectivity index (χ0v) is 19.7. The number of nitrogens with one attached hydrogen (secondary N) is 1. The van der Waals surface area contributed by atoms with Gasteiger partial charge in [0.25, 0.3) is 5.91 Å². The summed E-state index contributed by atoms with van der Waals surface area (Å²) in [7, 11) is 1.65. The van der Waals surface area contributed by atoms with Gasteiger partial charge in [-0.15, -0.1) is 0 Å². The number of methoxy groups -OCH3 is 1. The van der Waals surface area contributed by atoms with Gasteiger partial charge in [-0.25, -0.2) is 0 Å². The SMILES string of the molecule is COc1c(C(=O)N[C@H]2CCN(C3C4CC5CC(C4)CC3C5)C2)cc(Br)c2ccccc12. The molecule has 4 bridgehead atoms. The van der Waals surface area contributed by atoms with E-state index < -0.39 is 0 Å². The maximum Gasteiger partial charge on any atom is 0.255 e. The van der Waals surface area contributed by atoms with Crippen molar-refractivity contribution in [2.45, 2.75) is 50.6 Å². The predicted molar refractivity (Wildman–Crippen MR) is 126 cm³/mol. The van der Waals surface area contributed by atoms with E-state index in [0.717, 1.165) is 64.5 Å². The molecule has 0 aromatic heterocycles. The fourth-order valence-corrected chi connectivity index (χ4v) is 8.20. The largest absolute Gasteiger partial charge is 0.495 e. The van der Waals surface area contributed by atoms with E-state index in [2.05, 4.69) is 26.1 Å². The first kappa shape index (κ1) is 20.0. The Morgan fingerprint density at radius 1 is 1.06 bits per heavy atom. The van der Waals surface area contributed by atoms with Gasteiger partial charge in [0.1, 0.15) is 5.75 Å². The molecule has 5 fully saturated rings. The van der Waals surface area contributed by atoms with Crippen LogP contribution in [0.3, 0.4) is 0 Å². The third-order valence-corrected chi connectivity index (χ3v) is 9.20. The van der Waals surface area contributed by atoms with Gasteiger partial charge in [-0.1, -0.05) is 40.2 Å².